The fraction of sp³-hybridized carbons (Fsp3) is 0.125. The van der Waals surface area contributed by atoms with Gasteiger partial charge in [-0.3, -0.25) is 4.79 Å². The maximum absolute atomic E-state index is 13.9. The standard InChI is InChI=1S/C16H12FN3O/c17-13-6-5-11(8-18)7-12(13)9-20-10-16(21)19-14-3-1-2-4-15(14)20/h1-7H,9-10H2,(H,19,21). The molecule has 0 spiro atoms. The first-order valence-electron chi connectivity index (χ1n) is 6.50. The van der Waals surface area contributed by atoms with Crippen LogP contribution >= 0.6 is 0 Å². The van der Waals surface area contributed by atoms with E-state index in [0.29, 0.717) is 16.8 Å². The maximum atomic E-state index is 13.9. The summed E-state index contributed by atoms with van der Waals surface area (Å²) in [6.07, 6.45) is 0. The van der Waals surface area contributed by atoms with E-state index in [1.807, 2.05) is 24.3 Å². The van der Waals surface area contributed by atoms with Crippen LogP contribution in [0.25, 0.3) is 0 Å². The largest absolute Gasteiger partial charge is 0.356 e. The zero-order valence-corrected chi connectivity index (χ0v) is 11.1. The summed E-state index contributed by atoms with van der Waals surface area (Å²) in [5.41, 5.74) is 2.36. The Morgan fingerprint density at radius 2 is 2.10 bits per heavy atom. The minimum Gasteiger partial charge on any atom is -0.356 e. The molecule has 1 aliphatic rings. The lowest BCUT2D eigenvalue weighted by Crippen LogP contribution is -2.37. The first-order valence-corrected chi connectivity index (χ1v) is 6.50. The summed E-state index contributed by atoms with van der Waals surface area (Å²) >= 11 is 0. The predicted octanol–water partition coefficient (Wildman–Crippen LogP) is 2.66. The summed E-state index contributed by atoms with van der Waals surface area (Å²) in [6.45, 7) is 0.402. The summed E-state index contributed by atoms with van der Waals surface area (Å²) in [5.74, 6) is -0.511. The fourth-order valence-electron chi connectivity index (χ4n) is 2.42. The molecule has 0 saturated carbocycles. The van der Waals surface area contributed by atoms with E-state index >= 15 is 0 Å². The van der Waals surface area contributed by atoms with Crippen LogP contribution in [-0.2, 0) is 11.3 Å². The molecule has 4 nitrogen and oxygen atoms in total. The molecule has 5 heteroatoms. The van der Waals surface area contributed by atoms with Crippen LogP contribution < -0.4 is 10.2 Å². The fourth-order valence-corrected chi connectivity index (χ4v) is 2.42. The number of rotatable bonds is 2. The Hall–Kier alpha value is -2.87. The van der Waals surface area contributed by atoms with Crippen molar-refractivity contribution in [3.05, 3.63) is 59.4 Å². The summed E-state index contributed by atoms with van der Waals surface area (Å²) < 4.78 is 13.9. The lowest BCUT2D eigenvalue weighted by Gasteiger charge is -2.31. The Kier molecular flexibility index (Phi) is 3.28. The number of nitrogens with zero attached hydrogens (tertiary/aromatic N) is 2. The third kappa shape index (κ3) is 2.56. The highest BCUT2D eigenvalue weighted by Crippen LogP contribution is 2.30. The van der Waals surface area contributed by atoms with Gasteiger partial charge in [-0.05, 0) is 30.3 Å². The van der Waals surface area contributed by atoms with Crippen LogP contribution in [-0.4, -0.2) is 12.5 Å². The number of fused-ring (bicyclic) bond motifs is 1. The minimum absolute atomic E-state index is 0.134. The Morgan fingerprint density at radius 3 is 2.90 bits per heavy atom. The molecular formula is C16H12FN3O. The van der Waals surface area contributed by atoms with Gasteiger partial charge in [0.15, 0.2) is 0 Å². The van der Waals surface area contributed by atoms with Crippen molar-refractivity contribution in [3.63, 3.8) is 0 Å². The lowest BCUT2D eigenvalue weighted by molar-refractivity contribution is -0.115. The zero-order chi connectivity index (χ0) is 14.8. The van der Waals surface area contributed by atoms with Gasteiger partial charge in [-0.25, -0.2) is 4.39 Å². The van der Waals surface area contributed by atoms with Crippen molar-refractivity contribution in [1.29, 1.82) is 5.26 Å². The topological polar surface area (TPSA) is 56.1 Å². The summed E-state index contributed by atoms with van der Waals surface area (Å²) in [4.78, 5) is 13.5. The van der Waals surface area contributed by atoms with Crippen LogP contribution in [0.15, 0.2) is 42.5 Å². The summed E-state index contributed by atoms with van der Waals surface area (Å²) in [7, 11) is 0. The molecule has 0 bridgehead atoms. The second-order valence-corrected chi connectivity index (χ2v) is 4.84. The number of hydrogen-bond acceptors (Lipinski definition) is 3. The normalized spacial score (nSPS) is 13.3. The van der Waals surface area contributed by atoms with Crippen molar-refractivity contribution < 1.29 is 9.18 Å². The van der Waals surface area contributed by atoms with Gasteiger partial charge < -0.3 is 10.2 Å². The predicted molar refractivity (Wildman–Crippen MR) is 77.2 cm³/mol. The quantitative estimate of drug-likeness (QED) is 0.920. The van der Waals surface area contributed by atoms with Gasteiger partial charge >= 0.3 is 0 Å². The molecule has 0 radical (unpaired) electrons. The van der Waals surface area contributed by atoms with Gasteiger partial charge in [-0.1, -0.05) is 12.1 Å². The molecule has 3 rings (SSSR count). The number of para-hydroxylation sites is 2. The molecule has 1 N–H and O–H groups in total. The number of amides is 1. The molecule has 0 atom stereocenters. The van der Waals surface area contributed by atoms with Crippen LogP contribution in [0.3, 0.4) is 0 Å². The van der Waals surface area contributed by atoms with E-state index in [1.165, 1.54) is 18.2 Å². The molecule has 1 heterocycles. The van der Waals surface area contributed by atoms with Crippen molar-refractivity contribution in [1.82, 2.24) is 0 Å². The first-order chi connectivity index (χ1) is 10.2. The number of carbonyl (C=O) groups excluding carboxylic acids is 1. The molecule has 0 aliphatic carbocycles. The van der Waals surface area contributed by atoms with E-state index in [2.05, 4.69) is 5.32 Å². The maximum Gasteiger partial charge on any atom is 0.243 e. The average Bonchev–Trinajstić information content (AvgIpc) is 2.49. The zero-order valence-electron chi connectivity index (χ0n) is 11.1. The highest BCUT2D eigenvalue weighted by molar-refractivity contribution is 6.01. The Bertz CT molecular complexity index is 751. The van der Waals surface area contributed by atoms with Crippen molar-refractivity contribution in [2.75, 3.05) is 16.8 Å². The van der Waals surface area contributed by atoms with Gasteiger partial charge in [0.2, 0.25) is 5.91 Å². The molecule has 1 amide bonds. The molecule has 1 aliphatic heterocycles. The van der Waals surface area contributed by atoms with Gasteiger partial charge in [0.25, 0.3) is 0 Å². The Morgan fingerprint density at radius 1 is 1.29 bits per heavy atom. The average molecular weight is 281 g/mol. The van der Waals surface area contributed by atoms with Crippen molar-refractivity contribution >= 4 is 17.3 Å². The number of nitriles is 1. The molecule has 2 aromatic rings. The number of anilines is 2. The minimum atomic E-state index is -0.377. The number of halogens is 1. The van der Waals surface area contributed by atoms with Crippen molar-refractivity contribution in [3.8, 4) is 6.07 Å². The van der Waals surface area contributed by atoms with E-state index < -0.39 is 0 Å². The molecule has 0 saturated heterocycles. The molecule has 0 unspecified atom stereocenters. The Balaban J connectivity index is 1.96. The molecule has 2 aromatic carbocycles. The highest BCUT2D eigenvalue weighted by atomic mass is 19.1. The van der Waals surface area contributed by atoms with Crippen LogP contribution in [0, 0.1) is 17.1 Å². The number of carbonyl (C=O) groups is 1. The van der Waals surface area contributed by atoms with Gasteiger partial charge in [0, 0.05) is 12.1 Å². The number of benzene rings is 2. The molecule has 21 heavy (non-hydrogen) atoms. The van der Waals surface area contributed by atoms with Gasteiger partial charge in [0.1, 0.15) is 5.82 Å². The molecule has 104 valence electrons. The smallest absolute Gasteiger partial charge is 0.243 e. The van der Waals surface area contributed by atoms with Crippen LogP contribution in [0.2, 0.25) is 0 Å². The molecule has 0 fully saturated rings. The van der Waals surface area contributed by atoms with Gasteiger partial charge in [-0.15, -0.1) is 0 Å². The monoisotopic (exact) mass is 281 g/mol. The van der Waals surface area contributed by atoms with E-state index in [1.54, 1.807) is 11.0 Å². The van der Waals surface area contributed by atoms with Gasteiger partial charge in [0.05, 0.1) is 29.6 Å². The van der Waals surface area contributed by atoms with E-state index in [4.69, 9.17) is 5.26 Å². The summed E-state index contributed by atoms with van der Waals surface area (Å²) in [6, 6.07) is 13.6. The van der Waals surface area contributed by atoms with E-state index in [0.717, 1.165) is 5.69 Å². The van der Waals surface area contributed by atoms with Crippen molar-refractivity contribution in [2.24, 2.45) is 0 Å². The van der Waals surface area contributed by atoms with E-state index in [-0.39, 0.29) is 24.8 Å². The van der Waals surface area contributed by atoms with Crippen molar-refractivity contribution in [2.45, 2.75) is 6.54 Å². The second kappa shape index (κ2) is 5.25. The number of nitrogens with one attached hydrogen (secondary N) is 1. The first kappa shape index (κ1) is 13.1. The highest BCUT2D eigenvalue weighted by Gasteiger charge is 2.22. The second-order valence-electron chi connectivity index (χ2n) is 4.84. The summed E-state index contributed by atoms with van der Waals surface area (Å²) in [5, 5.41) is 11.7. The third-order valence-electron chi connectivity index (χ3n) is 3.39. The van der Waals surface area contributed by atoms with Crippen LogP contribution in [0.4, 0.5) is 15.8 Å². The van der Waals surface area contributed by atoms with Crippen LogP contribution in [0.5, 0.6) is 0 Å². The molecule has 0 aromatic heterocycles. The van der Waals surface area contributed by atoms with Crippen LogP contribution in [0.1, 0.15) is 11.1 Å². The third-order valence-corrected chi connectivity index (χ3v) is 3.39. The molecular weight excluding hydrogens is 269 g/mol. The SMILES string of the molecule is N#Cc1ccc(F)c(CN2CC(=O)Nc3ccccc32)c1. The Labute approximate surface area is 121 Å². The number of hydrogen-bond donors (Lipinski definition) is 1. The van der Waals surface area contributed by atoms with E-state index in [9.17, 15) is 9.18 Å². The van der Waals surface area contributed by atoms with Gasteiger partial charge in [-0.2, -0.15) is 5.26 Å². The lowest BCUT2D eigenvalue weighted by atomic mass is 10.1.